The lowest BCUT2D eigenvalue weighted by Gasteiger charge is -2.33. The summed E-state index contributed by atoms with van der Waals surface area (Å²) in [7, 11) is 0. The van der Waals surface area contributed by atoms with Crippen molar-refractivity contribution in [2.75, 3.05) is 65.5 Å². The third-order valence-electron chi connectivity index (χ3n) is 6.31. The van der Waals surface area contributed by atoms with Gasteiger partial charge in [0.05, 0.1) is 5.92 Å². The summed E-state index contributed by atoms with van der Waals surface area (Å²) in [5.41, 5.74) is 1.29. The maximum absolute atomic E-state index is 11.8. The van der Waals surface area contributed by atoms with E-state index in [1.165, 1.54) is 18.7 Å². The van der Waals surface area contributed by atoms with E-state index in [0.717, 1.165) is 64.7 Å². The van der Waals surface area contributed by atoms with E-state index in [1.807, 2.05) is 0 Å². The quantitative estimate of drug-likeness (QED) is 0.770. The number of ether oxygens (including phenoxy) is 1. The van der Waals surface area contributed by atoms with Crippen molar-refractivity contribution in [1.29, 1.82) is 0 Å². The summed E-state index contributed by atoms with van der Waals surface area (Å²) < 4.78 is 5.94. The summed E-state index contributed by atoms with van der Waals surface area (Å²) in [6, 6.07) is 8.47. The van der Waals surface area contributed by atoms with Gasteiger partial charge in [-0.1, -0.05) is 19.1 Å². The van der Waals surface area contributed by atoms with Gasteiger partial charge in [0.1, 0.15) is 12.4 Å². The molecule has 1 aromatic carbocycles. The molecule has 3 aliphatic heterocycles. The Balaban J connectivity index is 1.18. The number of nitrogens with one attached hydrogen (secondary N) is 1. The molecule has 0 unspecified atom stereocenters. The van der Waals surface area contributed by atoms with Crippen molar-refractivity contribution in [3.05, 3.63) is 29.8 Å². The lowest BCUT2D eigenvalue weighted by molar-refractivity contribution is -0.122. The number of carbonyl (C=O) groups is 1. The number of hydrogen-bond donors (Lipinski definition) is 1. The van der Waals surface area contributed by atoms with Gasteiger partial charge < -0.3 is 15.0 Å². The molecule has 0 aliphatic carbocycles. The molecule has 6 heteroatoms. The first kappa shape index (κ1) is 18.7. The Labute approximate surface area is 162 Å². The third-order valence-corrected chi connectivity index (χ3v) is 6.31. The van der Waals surface area contributed by atoms with Gasteiger partial charge in [0.2, 0.25) is 5.91 Å². The van der Waals surface area contributed by atoms with Crippen LogP contribution in [0.5, 0.6) is 5.75 Å². The Morgan fingerprint density at radius 1 is 1.04 bits per heavy atom. The van der Waals surface area contributed by atoms with Crippen LogP contribution in [0.1, 0.15) is 12.5 Å². The van der Waals surface area contributed by atoms with Crippen LogP contribution in [-0.2, 0) is 11.3 Å². The smallest absolute Gasteiger partial charge is 0.224 e. The maximum Gasteiger partial charge on any atom is 0.224 e. The van der Waals surface area contributed by atoms with Gasteiger partial charge in [0.15, 0.2) is 0 Å². The molecule has 0 radical (unpaired) electrons. The van der Waals surface area contributed by atoms with Gasteiger partial charge in [-0.15, -0.1) is 0 Å². The van der Waals surface area contributed by atoms with E-state index in [2.05, 4.69) is 51.2 Å². The largest absolute Gasteiger partial charge is 0.492 e. The number of benzene rings is 1. The lowest BCUT2D eigenvalue weighted by atomic mass is 10.0. The van der Waals surface area contributed by atoms with E-state index in [1.54, 1.807) is 0 Å². The van der Waals surface area contributed by atoms with Crippen LogP contribution in [0.2, 0.25) is 0 Å². The molecule has 3 aliphatic rings. The van der Waals surface area contributed by atoms with Gasteiger partial charge in [0.25, 0.3) is 0 Å². The van der Waals surface area contributed by atoms with Gasteiger partial charge in [-0.25, -0.2) is 0 Å². The van der Waals surface area contributed by atoms with Crippen LogP contribution in [0.25, 0.3) is 0 Å². The van der Waals surface area contributed by atoms with Crippen molar-refractivity contribution in [1.82, 2.24) is 20.0 Å². The molecule has 2 atom stereocenters. The fraction of sp³-hybridized carbons (Fsp3) is 0.667. The number of fused-ring (bicyclic) bond motifs is 1. The van der Waals surface area contributed by atoms with Crippen molar-refractivity contribution in [3.8, 4) is 5.75 Å². The number of piperazine rings is 1. The zero-order chi connectivity index (χ0) is 18.6. The second-order valence-corrected chi connectivity index (χ2v) is 8.07. The fourth-order valence-corrected chi connectivity index (χ4v) is 4.53. The summed E-state index contributed by atoms with van der Waals surface area (Å²) in [6.45, 7) is 13.4. The molecule has 1 aromatic rings. The molecule has 3 heterocycles. The summed E-state index contributed by atoms with van der Waals surface area (Å²) in [6.07, 6.45) is 0. The van der Waals surface area contributed by atoms with Gasteiger partial charge in [-0.3, -0.25) is 14.6 Å². The van der Waals surface area contributed by atoms with E-state index < -0.39 is 0 Å². The molecule has 4 rings (SSSR count). The molecular weight excluding hydrogens is 340 g/mol. The van der Waals surface area contributed by atoms with E-state index in [0.29, 0.717) is 5.92 Å². The van der Waals surface area contributed by atoms with Crippen LogP contribution >= 0.6 is 0 Å². The van der Waals surface area contributed by atoms with E-state index in [9.17, 15) is 4.79 Å². The van der Waals surface area contributed by atoms with Gasteiger partial charge in [-0.2, -0.15) is 0 Å². The van der Waals surface area contributed by atoms with Crippen LogP contribution < -0.4 is 10.1 Å². The minimum atomic E-state index is 0.201. The first-order valence-electron chi connectivity index (χ1n) is 10.4. The van der Waals surface area contributed by atoms with Crippen LogP contribution in [0.15, 0.2) is 24.3 Å². The molecule has 27 heavy (non-hydrogen) atoms. The molecule has 0 bridgehead atoms. The third kappa shape index (κ3) is 4.62. The second kappa shape index (κ2) is 8.59. The Morgan fingerprint density at radius 3 is 2.48 bits per heavy atom. The molecule has 1 amide bonds. The summed E-state index contributed by atoms with van der Waals surface area (Å²) >= 11 is 0. The highest BCUT2D eigenvalue weighted by molar-refractivity contribution is 5.81. The van der Waals surface area contributed by atoms with Crippen molar-refractivity contribution in [2.45, 2.75) is 13.5 Å². The van der Waals surface area contributed by atoms with Crippen LogP contribution in [0, 0.1) is 11.8 Å². The number of rotatable bonds is 7. The monoisotopic (exact) mass is 372 g/mol. The minimum Gasteiger partial charge on any atom is -0.492 e. The van der Waals surface area contributed by atoms with Crippen molar-refractivity contribution in [2.24, 2.45) is 11.8 Å². The van der Waals surface area contributed by atoms with E-state index >= 15 is 0 Å². The van der Waals surface area contributed by atoms with Crippen molar-refractivity contribution < 1.29 is 9.53 Å². The molecular formula is C21H32N4O2. The minimum absolute atomic E-state index is 0.201. The maximum atomic E-state index is 11.8. The number of amides is 1. The molecule has 0 spiro atoms. The second-order valence-electron chi connectivity index (χ2n) is 8.07. The van der Waals surface area contributed by atoms with Gasteiger partial charge in [0, 0.05) is 64.8 Å². The first-order valence-corrected chi connectivity index (χ1v) is 10.4. The number of carbonyl (C=O) groups excluding carboxylic acids is 1. The predicted molar refractivity (Wildman–Crippen MR) is 106 cm³/mol. The van der Waals surface area contributed by atoms with E-state index in [4.69, 9.17) is 4.74 Å². The predicted octanol–water partition coefficient (Wildman–Crippen LogP) is 0.881. The van der Waals surface area contributed by atoms with Crippen molar-refractivity contribution in [3.63, 3.8) is 0 Å². The van der Waals surface area contributed by atoms with Crippen LogP contribution in [0.3, 0.4) is 0 Å². The Morgan fingerprint density at radius 2 is 1.78 bits per heavy atom. The summed E-state index contributed by atoms with van der Waals surface area (Å²) in [4.78, 5) is 19.2. The Bertz CT molecular complexity index is 628. The topological polar surface area (TPSA) is 48.1 Å². The number of nitrogens with zero attached hydrogens (tertiary/aromatic N) is 3. The zero-order valence-corrected chi connectivity index (χ0v) is 16.4. The normalized spacial score (nSPS) is 26.9. The highest BCUT2D eigenvalue weighted by Gasteiger charge is 2.41. The standard InChI is InChI=1S/C21H32N4O2/c1-2-23-7-9-24(10-8-23)11-12-27-19-5-3-17(4-6-19)14-25-15-18-13-22-21(26)20(18)16-25/h3-6,18,20H,2,7-16H2,1H3,(H,22,26)/t18-,20+/m0/s1. The SMILES string of the molecule is CCN1CCN(CCOc2ccc(CN3C[C@@H]4CNC(=O)[C@@H]4C3)cc2)CC1. The summed E-state index contributed by atoms with van der Waals surface area (Å²) in [5.74, 6) is 1.89. The highest BCUT2D eigenvalue weighted by Crippen LogP contribution is 2.28. The van der Waals surface area contributed by atoms with E-state index in [-0.39, 0.29) is 11.8 Å². The van der Waals surface area contributed by atoms with Crippen molar-refractivity contribution >= 4 is 5.91 Å². The molecule has 1 N–H and O–H groups in total. The molecule has 0 saturated carbocycles. The average Bonchev–Trinajstić information content (AvgIpc) is 3.25. The van der Waals surface area contributed by atoms with Crippen LogP contribution in [-0.4, -0.2) is 86.1 Å². The molecule has 3 saturated heterocycles. The Hall–Kier alpha value is -1.63. The van der Waals surface area contributed by atoms with Gasteiger partial charge in [-0.05, 0) is 24.2 Å². The number of hydrogen-bond acceptors (Lipinski definition) is 5. The number of likely N-dealkylation sites (tertiary alicyclic amines) is 1. The van der Waals surface area contributed by atoms with Crippen LogP contribution in [0.4, 0.5) is 0 Å². The fourth-order valence-electron chi connectivity index (χ4n) is 4.53. The molecule has 0 aromatic heterocycles. The highest BCUT2D eigenvalue weighted by atomic mass is 16.5. The number of likely N-dealkylation sites (N-methyl/N-ethyl adjacent to an activating group) is 1. The first-order chi connectivity index (χ1) is 13.2. The molecule has 3 fully saturated rings. The van der Waals surface area contributed by atoms with Gasteiger partial charge >= 0.3 is 0 Å². The molecule has 148 valence electrons. The zero-order valence-electron chi connectivity index (χ0n) is 16.4. The average molecular weight is 373 g/mol. The Kier molecular flexibility index (Phi) is 5.95. The lowest BCUT2D eigenvalue weighted by Crippen LogP contribution is -2.47. The molecule has 6 nitrogen and oxygen atoms in total. The summed E-state index contributed by atoms with van der Waals surface area (Å²) in [5, 5.41) is 2.97.